The first kappa shape index (κ1) is 7.56. The van der Waals surface area contributed by atoms with Gasteiger partial charge in [0.2, 0.25) is 0 Å². The largest absolute Gasteiger partial charge is 0.459 e. The van der Waals surface area contributed by atoms with E-state index in [1.165, 1.54) is 0 Å². The quantitative estimate of drug-likeness (QED) is 0.467. The van der Waals surface area contributed by atoms with Crippen LogP contribution in [0.15, 0.2) is 12.2 Å². The Morgan fingerprint density at radius 1 is 1.46 bits per heavy atom. The van der Waals surface area contributed by atoms with Crippen molar-refractivity contribution in [2.75, 3.05) is 6.61 Å². The third-order valence-corrected chi connectivity index (χ3v) is 3.67. The highest BCUT2D eigenvalue weighted by molar-refractivity contribution is 5.77. The Balaban J connectivity index is 1.97. The molecule has 70 valence electrons. The van der Waals surface area contributed by atoms with Crippen molar-refractivity contribution < 1.29 is 14.6 Å². The van der Waals surface area contributed by atoms with Crippen molar-refractivity contribution in [1.29, 1.82) is 0 Å². The van der Waals surface area contributed by atoms with E-state index in [2.05, 4.69) is 12.2 Å². The number of hydrogen-bond donors (Lipinski definition) is 1. The third-order valence-electron chi connectivity index (χ3n) is 3.67. The first-order valence-electron chi connectivity index (χ1n) is 4.81. The molecule has 1 heterocycles. The lowest BCUT2D eigenvalue weighted by atomic mass is 9.82. The second-order valence-electron chi connectivity index (χ2n) is 4.21. The Hall–Kier alpha value is -0.830. The number of rotatable bonds is 1. The molecular weight excluding hydrogens is 168 g/mol. The molecule has 0 amide bonds. The van der Waals surface area contributed by atoms with E-state index >= 15 is 0 Å². The van der Waals surface area contributed by atoms with E-state index < -0.39 is 0 Å². The summed E-state index contributed by atoms with van der Waals surface area (Å²) < 4.78 is 5.13. The molecule has 0 radical (unpaired) electrons. The summed E-state index contributed by atoms with van der Waals surface area (Å²) >= 11 is 0. The van der Waals surface area contributed by atoms with Gasteiger partial charge in [0.15, 0.2) is 0 Å². The van der Waals surface area contributed by atoms with Crippen molar-refractivity contribution in [3.63, 3.8) is 0 Å². The predicted molar refractivity (Wildman–Crippen MR) is 44.7 cm³/mol. The minimum atomic E-state index is -0.238. The summed E-state index contributed by atoms with van der Waals surface area (Å²) in [5.41, 5.74) is 0. The van der Waals surface area contributed by atoms with Gasteiger partial charge in [-0.15, -0.1) is 0 Å². The van der Waals surface area contributed by atoms with E-state index in [0.29, 0.717) is 11.8 Å². The molecule has 0 aromatic carbocycles. The van der Waals surface area contributed by atoms with Crippen molar-refractivity contribution in [3.05, 3.63) is 12.2 Å². The van der Waals surface area contributed by atoms with Gasteiger partial charge in [0.05, 0.1) is 12.5 Å². The number of hydrogen-bond acceptors (Lipinski definition) is 3. The summed E-state index contributed by atoms with van der Waals surface area (Å²) in [6, 6.07) is 0. The zero-order valence-electron chi connectivity index (χ0n) is 7.22. The Morgan fingerprint density at radius 3 is 3.00 bits per heavy atom. The molecule has 0 spiro atoms. The van der Waals surface area contributed by atoms with Crippen LogP contribution in [0.1, 0.15) is 6.42 Å². The van der Waals surface area contributed by atoms with Gasteiger partial charge in [-0.25, -0.2) is 0 Å². The predicted octanol–water partition coefficient (Wildman–Crippen LogP) is 0.342. The van der Waals surface area contributed by atoms with E-state index in [9.17, 15) is 4.79 Å². The average Bonchev–Trinajstić information content (AvgIpc) is 2.76. The van der Waals surface area contributed by atoms with Crippen LogP contribution in [0.3, 0.4) is 0 Å². The first-order valence-corrected chi connectivity index (χ1v) is 4.81. The van der Waals surface area contributed by atoms with Crippen LogP contribution in [-0.2, 0) is 9.53 Å². The highest BCUT2D eigenvalue weighted by Gasteiger charge is 2.57. The third kappa shape index (κ3) is 0.804. The molecule has 0 aromatic rings. The molecule has 3 aliphatic rings. The first-order chi connectivity index (χ1) is 6.31. The topological polar surface area (TPSA) is 46.5 Å². The summed E-state index contributed by atoms with van der Waals surface area (Å²) in [6.07, 6.45) is 5.15. The summed E-state index contributed by atoms with van der Waals surface area (Å²) in [5, 5.41) is 9.06. The Bertz CT molecular complexity index is 284. The van der Waals surface area contributed by atoms with Crippen LogP contribution in [0.25, 0.3) is 0 Å². The standard InChI is InChI=1S/C10H12O3/c11-4-7-8-5-1-2-6(3-5)9(8)10(12)13-7/h1-2,5-9,11H,3-4H2/t5-,6+,7+,8+,9+/m1/s1. The SMILES string of the molecule is O=C1O[C@@H](CO)[C@H]2[C@@H]1[C@H]1C=C[C@@H]2C1. The van der Waals surface area contributed by atoms with Gasteiger partial charge >= 0.3 is 5.97 Å². The fourth-order valence-electron chi connectivity index (χ4n) is 3.16. The molecule has 2 bridgehead atoms. The molecule has 1 N–H and O–H groups in total. The van der Waals surface area contributed by atoms with E-state index in [-0.39, 0.29) is 30.5 Å². The fourth-order valence-corrected chi connectivity index (χ4v) is 3.16. The lowest BCUT2D eigenvalue weighted by molar-refractivity contribution is -0.146. The van der Waals surface area contributed by atoms with Gasteiger partial charge < -0.3 is 9.84 Å². The fraction of sp³-hybridized carbons (Fsp3) is 0.700. The van der Waals surface area contributed by atoms with Gasteiger partial charge in [-0.2, -0.15) is 0 Å². The number of carbonyl (C=O) groups is 1. The number of esters is 1. The smallest absolute Gasteiger partial charge is 0.310 e. The number of fused-ring (bicyclic) bond motifs is 5. The maximum Gasteiger partial charge on any atom is 0.310 e. The van der Waals surface area contributed by atoms with Crippen LogP contribution < -0.4 is 0 Å². The van der Waals surface area contributed by atoms with Gasteiger partial charge in [-0.1, -0.05) is 12.2 Å². The van der Waals surface area contributed by atoms with Gasteiger partial charge in [-0.3, -0.25) is 4.79 Å². The molecule has 3 heteroatoms. The van der Waals surface area contributed by atoms with Gasteiger partial charge in [0.1, 0.15) is 6.10 Å². The van der Waals surface area contributed by atoms with Crippen molar-refractivity contribution in [2.45, 2.75) is 12.5 Å². The number of allylic oxidation sites excluding steroid dienone is 2. The monoisotopic (exact) mass is 180 g/mol. The Morgan fingerprint density at radius 2 is 2.23 bits per heavy atom. The maximum atomic E-state index is 11.4. The lowest BCUT2D eigenvalue weighted by Gasteiger charge is -2.19. The second kappa shape index (κ2) is 2.35. The normalized spacial score (nSPS) is 51.2. The molecule has 2 fully saturated rings. The molecule has 5 atom stereocenters. The molecule has 1 aliphatic heterocycles. The van der Waals surface area contributed by atoms with Crippen molar-refractivity contribution in [3.8, 4) is 0 Å². The van der Waals surface area contributed by atoms with Gasteiger partial charge in [0.25, 0.3) is 0 Å². The zero-order chi connectivity index (χ0) is 9.00. The molecule has 0 unspecified atom stereocenters. The lowest BCUT2D eigenvalue weighted by Crippen LogP contribution is -2.27. The van der Waals surface area contributed by atoms with E-state index in [0.717, 1.165) is 6.42 Å². The van der Waals surface area contributed by atoms with Crippen LogP contribution in [0.4, 0.5) is 0 Å². The van der Waals surface area contributed by atoms with Crippen molar-refractivity contribution in [1.82, 2.24) is 0 Å². The number of aliphatic hydroxyl groups excluding tert-OH is 1. The zero-order valence-corrected chi connectivity index (χ0v) is 7.22. The molecule has 1 saturated carbocycles. The minimum absolute atomic E-state index is 0.0238. The minimum Gasteiger partial charge on any atom is -0.459 e. The van der Waals surface area contributed by atoms with Crippen LogP contribution in [0.2, 0.25) is 0 Å². The van der Waals surface area contributed by atoms with Crippen LogP contribution in [0, 0.1) is 23.7 Å². The maximum absolute atomic E-state index is 11.4. The summed E-state index contributed by atoms with van der Waals surface area (Å²) in [5.74, 6) is 1.07. The van der Waals surface area contributed by atoms with E-state index in [1.54, 1.807) is 0 Å². The van der Waals surface area contributed by atoms with E-state index in [4.69, 9.17) is 9.84 Å². The van der Waals surface area contributed by atoms with Crippen LogP contribution in [-0.4, -0.2) is 23.8 Å². The molecule has 3 rings (SSSR count). The van der Waals surface area contributed by atoms with E-state index in [1.807, 2.05) is 0 Å². The average molecular weight is 180 g/mol. The summed E-state index contributed by atoms with van der Waals surface area (Å²) in [6.45, 7) is -0.0238. The summed E-state index contributed by atoms with van der Waals surface area (Å²) in [4.78, 5) is 11.4. The number of aliphatic hydroxyl groups is 1. The highest BCUT2D eigenvalue weighted by Crippen LogP contribution is 2.53. The van der Waals surface area contributed by atoms with Crippen LogP contribution >= 0.6 is 0 Å². The molecular formula is C10H12O3. The highest BCUT2D eigenvalue weighted by atomic mass is 16.6. The Labute approximate surface area is 76.4 Å². The number of carbonyl (C=O) groups excluding carboxylic acids is 1. The molecule has 3 nitrogen and oxygen atoms in total. The van der Waals surface area contributed by atoms with Crippen LogP contribution in [0.5, 0.6) is 0 Å². The number of ether oxygens (including phenoxy) is 1. The molecule has 1 saturated heterocycles. The molecule has 2 aliphatic carbocycles. The van der Waals surface area contributed by atoms with Gasteiger partial charge in [-0.05, 0) is 18.3 Å². The second-order valence-corrected chi connectivity index (χ2v) is 4.21. The molecule has 13 heavy (non-hydrogen) atoms. The Kier molecular flexibility index (Phi) is 1.37. The summed E-state index contributed by atoms with van der Waals surface area (Å²) in [7, 11) is 0. The van der Waals surface area contributed by atoms with Gasteiger partial charge in [0, 0.05) is 5.92 Å². The molecule has 0 aromatic heterocycles. The van der Waals surface area contributed by atoms with Crippen molar-refractivity contribution >= 4 is 5.97 Å². The van der Waals surface area contributed by atoms with Crippen molar-refractivity contribution in [2.24, 2.45) is 23.7 Å². The number of cyclic esters (lactones) is 1.